The van der Waals surface area contributed by atoms with Crippen LogP contribution in [0, 0.1) is 5.92 Å². The van der Waals surface area contributed by atoms with Gasteiger partial charge in [-0.25, -0.2) is 0 Å². The van der Waals surface area contributed by atoms with Crippen LogP contribution in [0.1, 0.15) is 25.0 Å². The second-order valence-corrected chi connectivity index (χ2v) is 4.95. The molecule has 1 aromatic heterocycles. The van der Waals surface area contributed by atoms with Gasteiger partial charge in [-0.1, -0.05) is 6.07 Å². The SMILES string of the molecule is NCC1CCN(CCCc2ccccn2)CC1. The van der Waals surface area contributed by atoms with Crippen molar-refractivity contribution < 1.29 is 0 Å². The number of rotatable bonds is 5. The van der Waals surface area contributed by atoms with Crippen molar-refractivity contribution in [2.24, 2.45) is 11.7 Å². The summed E-state index contributed by atoms with van der Waals surface area (Å²) in [6.45, 7) is 4.52. The third-order valence-electron chi connectivity index (χ3n) is 3.67. The quantitative estimate of drug-likeness (QED) is 0.841. The summed E-state index contributed by atoms with van der Waals surface area (Å²) in [5.74, 6) is 0.766. The van der Waals surface area contributed by atoms with Crippen molar-refractivity contribution in [2.75, 3.05) is 26.2 Å². The predicted octanol–water partition coefficient (Wildman–Crippen LogP) is 1.68. The Morgan fingerprint density at radius 1 is 1.29 bits per heavy atom. The average Bonchev–Trinajstić information content (AvgIpc) is 2.41. The lowest BCUT2D eigenvalue weighted by Gasteiger charge is -2.31. The van der Waals surface area contributed by atoms with E-state index in [4.69, 9.17) is 5.73 Å². The molecule has 3 heteroatoms. The van der Waals surface area contributed by atoms with E-state index in [1.54, 1.807) is 0 Å². The van der Waals surface area contributed by atoms with E-state index in [9.17, 15) is 0 Å². The Morgan fingerprint density at radius 2 is 2.12 bits per heavy atom. The summed E-state index contributed by atoms with van der Waals surface area (Å²) in [4.78, 5) is 6.92. The zero-order chi connectivity index (χ0) is 11.9. The minimum Gasteiger partial charge on any atom is -0.330 e. The standard InChI is InChI=1S/C14H23N3/c15-12-13-6-10-17(11-7-13)9-3-5-14-4-1-2-8-16-14/h1-2,4,8,13H,3,5-7,9-12,15H2. The monoisotopic (exact) mass is 233 g/mol. The van der Waals surface area contributed by atoms with Crippen LogP contribution in [-0.4, -0.2) is 36.1 Å². The third-order valence-corrected chi connectivity index (χ3v) is 3.67. The molecule has 1 aliphatic heterocycles. The van der Waals surface area contributed by atoms with E-state index in [0.29, 0.717) is 0 Å². The number of hydrogen-bond acceptors (Lipinski definition) is 3. The van der Waals surface area contributed by atoms with Crippen LogP contribution < -0.4 is 5.73 Å². The number of aryl methyl sites for hydroxylation is 1. The van der Waals surface area contributed by atoms with Crippen LogP contribution in [0.4, 0.5) is 0 Å². The molecule has 1 aromatic rings. The molecule has 1 saturated heterocycles. The van der Waals surface area contributed by atoms with Crippen molar-refractivity contribution in [1.29, 1.82) is 0 Å². The molecular formula is C14H23N3. The number of nitrogens with two attached hydrogens (primary N) is 1. The number of nitrogens with zero attached hydrogens (tertiary/aromatic N) is 2. The molecule has 0 amide bonds. The Morgan fingerprint density at radius 3 is 2.76 bits per heavy atom. The van der Waals surface area contributed by atoms with Crippen LogP contribution in [0.2, 0.25) is 0 Å². The van der Waals surface area contributed by atoms with E-state index in [2.05, 4.69) is 22.0 Å². The number of pyridine rings is 1. The minimum absolute atomic E-state index is 0.766. The van der Waals surface area contributed by atoms with Crippen molar-refractivity contribution >= 4 is 0 Å². The molecule has 17 heavy (non-hydrogen) atoms. The van der Waals surface area contributed by atoms with Gasteiger partial charge in [0, 0.05) is 11.9 Å². The fourth-order valence-corrected chi connectivity index (χ4v) is 2.48. The van der Waals surface area contributed by atoms with Crippen LogP contribution >= 0.6 is 0 Å². The molecule has 0 aromatic carbocycles. The van der Waals surface area contributed by atoms with Gasteiger partial charge in [-0.3, -0.25) is 4.98 Å². The molecule has 0 radical (unpaired) electrons. The van der Waals surface area contributed by atoms with Crippen LogP contribution in [0.3, 0.4) is 0 Å². The zero-order valence-electron chi connectivity index (χ0n) is 10.5. The van der Waals surface area contributed by atoms with Gasteiger partial charge in [0.05, 0.1) is 0 Å². The van der Waals surface area contributed by atoms with Gasteiger partial charge in [-0.15, -0.1) is 0 Å². The predicted molar refractivity (Wildman–Crippen MR) is 70.8 cm³/mol. The van der Waals surface area contributed by atoms with E-state index in [0.717, 1.165) is 18.9 Å². The Bertz CT molecular complexity index is 305. The van der Waals surface area contributed by atoms with Gasteiger partial charge in [0.15, 0.2) is 0 Å². The second kappa shape index (κ2) is 6.72. The van der Waals surface area contributed by atoms with E-state index >= 15 is 0 Å². The topological polar surface area (TPSA) is 42.1 Å². The molecule has 3 nitrogen and oxygen atoms in total. The largest absolute Gasteiger partial charge is 0.330 e. The summed E-state index contributed by atoms with van der Waals surface area (Å²) in [6.07, 6.45) is 6.74. The van der Waals surface area contributed by atoms with E-state index < -0.39 is 0 Å². The summed E-state index contributed by atoms with van der Waals surface area (Å²) < 4.78 is 0. The number of aromatic nitrogens is 1. The first kappa shape index (κ1) is 12.5. The van der Waals surface area contributed by atoms with E-state index in [1.165, 1.54) is 44.6 Å². The van der Waals surface area contributed by atoms with Crippen LogP contribution in [-0.2, 0) is 6.42 Å². The molecule has 0 atom stereocenters. The molecule has 94 valence electrons. The fourth-order valence-electron chi connectivity index (χ4n) is 2.48. The normalized spacial score (nSPS) is 18.4. The van der Waals surface area contributed by atoms with Gasteiger partial charge in [-0.05, 0) is 69.9 Å². The van der Waals surface area contributed by atoms with Crippen molar-refractivity contribution in [1.82, 2.24) is 9.88 Å². The Hall–Kier alpha value is -0.930. The maximum Gasteiger partial charge on any atom is 0.0404 e. The molecule has 0 unspecified atom stereocenters. The van der Waals surface area contributed by atoms with Crippen molar-refractivity contribution in [2.45, 2.75) is 25.7 Å². The lowest BCUT2D eigenvalue weighted by Crippen LogP contribution is -2.36. The van der Waals surface area contributed by atoms with Crippen molar-refractivity contribution in [3.05, 3.63) is 30.1 Å². The van der Waals surface area contributed by atoms with Crippen LogP contribution in [0.25, 0.3) is 0 Å². The fraction of sp³-hybridized carbons (Fsp3) is 0.643. The highest BCUT2D eigenvalue weighted by Crippen LogP contribution is 2.16. The van der Waals surface area contributed by atoms with E-state index in [-0.39, 0.29) is 0 Å². The first-order valence-corrected chi connectivity index (χ1v) is 6.71. The first-order valence-electron chi connectivity index (χ1n) is 6.71. The average molecular weight is 233 g/mol. The molecule has 0 spiro atoms. The van der Waals surface area contributed by atoms with E-state index in [1.807, 2.05) is 12.3 Å². The Labute approximate surface area is 104 Å². The Kier molecular flexibility index (Phi) is 4.95. The Balaban J connectivity index is 1.63. The van der Waals surface area contributed by atoms with Gasteiger partial charge >= 0.3 is 0 Å². The number of hydrogen-bond donors (Lipinski definition) is 1. The van der Waals surface area contributed by atoms with Gasteiger partial charge in [0.25, 0.3) is 0 Å². The van der Waals surface area contributed by atoms with Crippen LogP contribution in [0.15, 0.2) is 24.4 Å². The molecule has 0 saturated carbocycles. The summed E-state index contributed by atoms with van der Waals surface area (Å²) in [6, 6.07) is 6.15. The number of piperidine rings is 1. The third kappa shape index (κ3) is 4.10. The van der Waals surface area contributed by atoms with Crippen LogP contribution in [0.5, 0.6) is 0 Å². The van der Waals surface area contributed by atoms with Crippen molar-refractivity contribution in [3.63, 3.8) is 0 Å². The lowest BCUT2D eigenvalue weighted by atomic mass is 9.97. The van der Waals surface area contributed by atoms with Gasteiger partial charge in [0.2, 0.25) is 0 Å². The number of likely N-dealkylation sites (tertiary alicyclic amines) is 1. The summed E-state index contributed by atoms with van der Waals surface area (Å²) in [5.41, 5.74) is 6.91. The second-order valence-electron chi connectivity index (χ2n) is 4.95. The molecule has 0 aliphatic carbocycles. The maximum absolute atomic E-state index is 5.70. The summed E-state index contributed by atoms with van der Waals surface area (Å²) in [7, 11) is 0. The summed E-state index contributed by atoms with van der Waals surface area (Å²) >= 11 is 0. The molecule has 2 rings (SSSR count). The molecule has 1 fully saturated rings. The smallest absolute Gasteiger partial charge is 0.0404 e. The molecule has 0 bridgehead atoms. The van der Waals surface area contributed by atoms with Gasteiger partial charge < -0.3 is 10.6 Å². The molecule has 2 heterocycles. The van der Waals surface area contributed by atoms with Gasteiger partial charge in [-0.2, -0.15) is 0 Å². The van der Waals surface area contributed by atoms with Crippen molar-refractivity contribution in [3.8, 4) is 0 Å². The summed E-state index contributed by atoms with van der Waals surface area (Å²) in [5, 5.41) is 0. The highest BCUT2D eigenvalue weighted by atomic mass is 15.1. The molecule has 1 aliphatic rings. The maximum atomic E-state index is 5.70. The minimum atomic E-state index is 0.766. The zero-order valence-corrected chi connectivity index (χ0v) is 10.5. The first-order chi connectivity index (χ1) is 8.38. The van der Waals surface area contributed by atoms with Gasteiger partial charge in [0.1, 0.15) is 0 Å². The lowest BCUT2D eigenvalue weighted by molar-refractivity contribution is 0.186. The molecular weight excluding hydrogens is 210 g/mol. The highest BCUT2D eigenvalue weighted by Gasteiger charge is 2.17. The molecule has 2 N–H and O–H groups in total. The highest BCUT2D eigenvalue weighted by molar-refractivity contribution is 5.03.